The lowest BCUT2D eigenvalue weighted by atomic mass is 10.2. The molecule has 0 amide bonds. The van der Waals surface area contributed by atoms with E-state index in [1.165, 1.54) is 12.2 Å². The highest BCUT2D eigenvalue weighted by Gasteiger charge is 2.15. The van der Waals surface area contributed by atoms with Crippen LogP contribution < -0.4 is 17.1 Å². The van der Waals surface area contributed by atoms with Crippen LogP contribution in [0.5, 0.6) is 0 Å². The molecule has 1 heterocycles. The highest BCUT2D eigenvalue weighted by Crippen LogP contribution is 2.12. The van der Waals surface area contributed by atoms with Gasteiger partial charge in [0.1, 0.15) is 6.17 Å². The third-order valence-electron chi connectivity index (χ3n) is 2.43. The summed E-state index contributed by atoms with van der Waals surface area (Å²) >= 11 is 0. The fraction of sp³-hybridized carbons (Fsp3) is 0.500. The molecule has 1 aromatic heterocycles. The highest BCUT2D eigenvalue weighted by atomic mass is 16.2. The van der Waals surface area contributed by atoms with Crippen LogP contribution in [-0.2, 0) is 9.59 Å². The summed E-state index contributed by atoms with van der Waals surface area (Å²) in [5, 5.41) is 0. The Labute approximate surface area is 110 Å². The first-order valence-electron chi connectivity index (χ1n) is 5.66. The van der Waals surface area contributed by atoms with Gasteiger partial charge in [-0.15, -0.1) is 0 Å². The van der Waals surface area contributed by atoms with E-state index in [1.54, 1.807) is 0 Å². The van der Waals surface area contributed by atoms with Crippen molar-refractivity contribution >= 4 is 12.2 Å². The van der Waals surface area contributed by atoms with Gasteiger partial charge >= 0.3 is 17.1 Å². The minimum atomic E-state index is -1.07. The van der Waals surface area contributed by atoms with Gasteiger partial charge in [0.15, 0.2) is 0 Å². The number of aromatic amines is 2. The van der Waals surface area contributed by atoms with Crippen LogP contribution in [0.25, 0.3) is 0 Å². The number of hydrogen-bond acceptors (Lipinski definition) is 7. The summed E-state index contributed by atoms with van der Waals surface area (Å²) in [4.78, 5) is 64.6. The van der Waals surface area contributed by atoms with Crippen LogP contribution in [0.15, 0.2) is 24.4 Å². The molecule has 10 heteroatoms. The zero-order valence-corrected chi connectivity index (χ0v) is 10.3. The van der Waals surface area contributed by atoms with E-state index in [0.717, 1.165) is 0 Å². The van der Waals surface area contributed by atoms with E-state index in [9.17, 15) is 24.0 Å². The fourth-order valence-electron chi connectivity index (χ4n) is 1.58. The average Bonchev–Trinajstić information content (AvgIpc) is 2.37. The van der Waals surface area contributed by atoms with Gasteiger partial charge in [0.2, 0.25) is 12.2 Å². The molecular formula is C10H11N5O5. The predicted molar refractivity (Wildman–Crippen MR) is 65.9 cm³/mol. The zero-order chi connectivity index (χ0) is 15.0. The van der Waals surface area contributed by atoms with Crippen LogP contribution >= 0.6 is 0 Å². The van der Waals surface area contributed by atoms with Crippen LogP contribution in [0.1, 0.15) is 25.4 Å². The summed E-state index contributed by atoms with van der Waals surface area (Å²) in [6, 6.07) is 0. The van der Waals surface area contributed by atoms with Gasteiger partial charge in [-0.2, -0.15) is 4.99 Å². The summed E-state index contributed by atoms with van der Waals surface area (Å²) < 4.78 is 0.620. The summed E-state index contributed by atoms with van der Waals surface area (Å²) in [6.45, 7) is 0.248. The molecule has 0 radical (unpaired) electrons. The second-order valence-electron chi connectivity index (χ2n) is 3.73. The van der Waals surface area contributed by atoms with Crippen molar-refractivity contribution in [2.24, 2.45) is 9.98 Å². The van der Waals surface area contributed by atoms with E-state index in [-0.39, 0.29) is 13.0 Å². The Kier molecular flexibility index (Phi) is 5.76. The number of H-pyrrole nitrogens is 2. The third kappa shape index (κ3) is 4.13. The SMILES string of the molecule is O=C=NCCCCC(N=C=O)n1c(=O)[nH]c(=O)[nH]c1=O. The zero-order valence-electron chi connectivity index (χ0n) is 10.3. The summed E-state index contributed by atoms with van der Waals surface area (Å²) in [5.74, 6) is 0. The van der Waals surface area contributed by atoms with Gasteiger partial charge in [0.25, 0.3) is 0 Å². The van der Waals surface area contributed by atoms with E-state index in [1.807, 2.05) is 9.97 Å². The molecule has 0 saturated carbocycles. The maximum atomic E-state index is 11.5. The molecule has 10 nitrogen and oxygen atoms in total. The molecule has 106 valence electrons. The summed E-state index contributed by atoms with van der Waals surface area (Å²) in [5.41, 5.74) is -2.87. The Morgan fingerprint density at radius 3 is 2.25 bits per heavy atom. The quantitative estimate of drug-likeness (QED) is 0.357. The van der Waals surface area contributed by atoms with Gasteiger partial charge in [-0.25, -0.2) is 33.5 Å². The molecule has 0 aromatic carbocycles. The molecular weight excluding hydrogens is 270 g/mol. The first-order chi connectivity index (χ1) is 9.60. The topological polar surface area (TPSA) is 147 Å². The van der Waals surface area contributed by atoms with Crippen molar-refractivity contribution in [3.05, 3.63) is 31.5 Å². The molecule has 0 aliphatic carbocycles. The minimum absolute atomic E-state index is 0.179. The molecule has 0 saturated heterocycles. The predicted octanol–water partition coefficient (Wildman–Crippen LogP) is -1.43. The van der Waals surface area contributed by atoms with Gasteiger partial charge in [-0.1, -0.05) is 0 Å². The smallest absolute Gasteiger partial charge is 0.259 e. The molecule has 1 unspecified atom stereocenters. The monoisotopic (exact) mass is 281 g/mol. The molecule has 0 aliphatic heterocycles. The van der Waals surface area contributed by atoms with Crippen molar-refractivity contribution in [2.45, 2.75) is 25.4 Å². The van der Waals surface area contributed by atoms with E-state index >= 15 is 0 Å². The molecule has 0 bridgehead atoms. The van der Waals surface area contributed by atoms with Crippen molar-refractivity contribution in [1.82, 2.24) is 14.5 Å². The molecule has 20 heavy (non-hydrogen) atoms. The highest BCUT2D eigenvalue weighted by molar-refractivity contribution is 5.33. The first-order valence-corrected chi connectivity index (χ1v) is 5.66. The lowest BCUT2D eigenvalue weighted by Gasteiger charge is -2.11. The molecule has 2 N–H and O–H groups in total. The lowest BCUT2D eigenvalue weighted by Crippen LogP contribution is -2.44. The Morgan fingerprint density at radius 1 is 1.05 bits per heavy atom. The van der Waals surface area contributed by atoms with Crippen molar-refractivity contribution in [2.75, 3.05) is 6.54 Å². The molecule has 0 aliphatic rings. The van der Waals surface area contributed by atoms with Gasteiger partial charge < -0.3 is 0 Å². The van der Waals surface area contributed by atoms with Crippen molar-refractivity contribution in [3.63, 3.8) is 0 Å². The van der Waals surface area contributed by atoms with E-state index in [0.29, 0.717) is 17.4 Å². The fourth-order valence-corrected chi connectivity index (χ4v) is 1.58. The van der Waals surface area contributed by atoms with Gasteiger partial charge in [0, 0.05) is 0 Å². The van der Waals surface area contributed by atoms with Crippen molar-refractivity contribution in [1.29, 1.82) is 0 Å². The number of hydrogen-bond donors (Lipinski definition) is 2. The van der Waals surface area contributed by atoms with Crippen LogP contribution in [0.3, 0.4) is 0 Å². The Hall–Kier alpha value is -2.83. The Morgan fingerprint density at radius 2 is 1.70 bits per heavy atom. The van der Waals surface area contributed by atoms with Gasteiger partial charge in [0.05, 0.1) is 6.54 Å². The minimum Gasteiger partial charge on any atom is -0.259 e. The van der Waals surface area contributed by atoms with Gasteiger partial charge in [-0.05, 0) is 19.3 Å². The molecule has 0 spiro atoms. The number of nitrogens with zero attached hydrogens (tertiary/aromatic N) is 3. The molecule has 1 aromatic rings. The van der Waals surface area contributed by atoms with Gasteiger partial charge in [-0.3, -0.25) is 9.97 Å². The molecule has 1 atom stereocenters. The molecule has 0 fully saturated rings. The Bertz CT molecular complexity index is 682. The average molecular weight is 281 g/mol. The van der Waals surface area contributed by atoms with E-state index in [2.05, 4.69) is 9.98 Å². The third-order valence-corrected chi connectivity index (χ3v) is 2.43. The maximum absolute atomic E-state index is 11.5. The van der Waals surface area contributed by atoms with Crippen molar-refractivity contribution in [3.8, 4) is 0 Å². The normalized spacial score (nSPS) is 11.2. The number of isocyanates is 2. The Balaban J connectivity index is 2.95. The summed E-state index contributed by atoms with van der Waals surface area (Å²) in [6.07, 6.45) is 2.71. The number of aromatic nitrogens is 3. The molecule has 1 rings (SSSR count). The number of carbonyl (C=O) groups excluding carboxylic acids is 2. The van der Waals surface area contributed by atoms with E-state index in [4.69, 9.17) is 0 Å². The number of nitrogens with one attached hydrogen (secondary N) is 2. The van der Waals surface area contributed by atoms with Crippen molar-refractivity contribution < 1.29 is 9.59 Å². The second-order valence-corrected chi connectivity index (χ2v) is 3.73. The van der Waals surface area contributed by atoms with Crippen LogP contribution in [-0.4, -0.2) is 33.2 Å². The van der Waals surface area contributed by atoms with Crippen LogP contribution in [0.4, 0.5) is 0 Å². The van der Waals surface area contributed by atoms with E-state index < -0.39 is 23.2 Å². The number of aliphatic imine (C=N–C) groups is 2. The van der Waals surface area contributed by atoms with Crippen LogP contribution in [0, 0.1) is 0 Å². The summed E-state index contributed by atoms with van der Waals surface area (Å²) in [7, 11) is 0. The number of unbranched alkanes of at least 4 members (excludes halogenated alkanes) is 1. The maximum Gasteiger partial charge on any atom is 0.335 e. The lowest BCUT2D eigenvalue weighted by molar-refractivity contribution is 0.420. The standard InChI is InChI=1S/C10H11N5O5/c16-5-11-4-2-1-3-7(12-6-17)15-9(19)13-8(18)14-10(15)20/h7H,1-4H2,(H2,13,14,18,19,20). The van der Waals surface area contributed by atoms with Crippen LogP contribution in [0.2, 0.25) is 0 Å². The first kappa shape index (κ1) is 15.2. The second kappa shape index (κ2) is 7.57. The number of rotatable bonds is 7. The largest absolute Gasteiger partial charge is 0.335 e.